The Balaban J connectivity index is 3.13. The SMILES string of the molecule is CCOC(=O)c1cccc(C(=O)CC)c1N. The maximum Gasteiger partial charge on any atom is 0.340 e. The van der Waals surface area contributed by atoms with Gasteiger partial charge in [0.15, 0.2) is 5.78 Å². The summed E-state index contributed by atoms with van der Waals surface area (Å²) >= 11 is 0. The lowest BCUT2D eigenvalue weighted by atomic mass is 10.0. The highest BCUT2D eigenvalue weighted by molar-refractivity contribution is 6.06. The van der Waals surface area contributed by atoms with Gasteiger partial charge in [-0.25, -0.2) is 4.79 Å². The van der Waals surface area contributed by atoms with Gasteiger partial charge in [-0.15, -0.1) is 0 Å². The fourth-order valence-electron chi connectivity index (χ4n) is 1.39. The molecule has 0 heterocycles. The van der Waals surface area contributed by atoms with Gasteiger partial charge in [-0.2, -0.15) is 0 Å². The summed E-state index contributed by atoms with van der Waals surface area (Å²) in [5.74, 6) is -0.575. The van der Waals surface area contributed by atoms with Crippen LogP contribution in [0.2, 0.25) is 0 Å². The Morgan fingerprint density at radius 2 is 1.88 bits per heavy atom. The van der Waals surface area contributed by atoms with E-state index in [-0.39, 0.29) is 23.6 Å². The van der Waals surface area contributed by atoms with Gasteiger partial charge in [0.2, 0.25) is 0 Å². The molecule has 0 aliphatic rings. The Morgan fingerprint density at radius 3 is 2.44 bits per heavy atom. The summed E-state index contributed by atoms with van der Waals surface area (Å²) in [5.41, 5.74) is 6.60. The molecule has 0 fully saturated rings. The van der Waals surface area contributed by atoms with Crippen molar-refractivity contribution in [1.82, 2.24) is 0 Å². The van der Waals surface area contributed by atoms with Crippen LogP contribution in [0, 0.1) is 0 Å². The van der Waals surface area contributed by atoms with Gasteiger partial charge >= 0.3 is 5.97 Å². The van der Waals surface area contributed by atoms with Crippen LogP contribution in [0.25, 0.3) is 0 Å². The van der Waals surface area contributed by atoms with E-state index in [2.05, 4.69) is 0 Å². The smallest absolute Gasteiger partial charge is 0.340 e. The zero-order valence-electron chi connectivity index (χ0n) is 9.45. The van der Waals surface area contributed by atoms with Crippen molar-refractivity contribution >= 4 is 17.4 Å². The van der Waals surface area contributed by atoms with Crippen LogP contribution in [0.3, 0.4) is 0 Å². The lowest BCUT2D eigenvalue weighted by Crippen LogP contribution is -2.11. The van der Waals surface area contributed by atoms with Gasteiger partial charge in [0.05, 0.1) is 17.9 Å². The molecule has 0 aliphatic heterocycles. The van der Waals surface area contributed by atoms with Gasteiger partial charge < -0.3 is 10.5 Å². The minimum absolute atomic E-state index is 0.0800. The predicted molar refractivity (Wildman–Crippen MR) is 61.4 cm³/mol. The fourth-order valence-corrected chi connectivity index (χ4v) is 1.39. The number of ether oxygens (including phenoxy) is 1. The molecule has 0 aromatic heterocycles. The van der Waals surface area contributed by atoms with Crippen molar-refractivity contribution < 1.29 is 14.3 Å². The maximum absolute atomic E-state index is 11.5. The lowest BCUT2D eigenvalue weighted by Gasteiger charge is -2.08. The van der Waals surface area contributed by atoms with Crippen LogP contribution >= 0.6 is 0 Å². The van der Waals surface area contributed by atoms with E-state index < -0.39 is 5.97 Å². The number of carbonyl (C=O) groups excluding carboxylic acids is 2. The van der Waals surface area contributed by atoms with E-state index in [9.17, 15) is 9.59 Å². The molecule has 0 unspecified atom stereocenters. The molecular formula is C12H15NO3. The molecule has 86 valence electrons. The molecule has 0 saturated heterocycles. The number of esters is 1. The van der Waals surface area contributed by atoms with Crippen molar-refractivity contribution in [2.24, 2.45) is 0 Å². The Hall–Kier alpha value is -1.84. The van der Waals surface area contributed by atoms with Crippen LogP contribution in [-0.2, 0) is 4.74 Å². The molecule has 0 amide bonds. The molecule has 0 spiro atoms. The highest BCUT2D eigenvalue weighted by Crippen LogP contribution is 2.19. The zero-order valence-corrected chi connectivity index (χ0v) is 9.45. The van der Waals surface area contributed by atoms with Crippen LogP contribution in [0.1, 0.15) is 41.0 Å². The Morgan fingerprint density at radius 1 is 1.25 bits per heavy atom. The predicted octanol–water partition coefficient (Wildman–Crippen LogP) is 2.04. The van der Waals surface area contributed by atoms with Crippen LogP contribution in [-0.4, -0.2) is 18.4 Å². The highest BCUT2D eigenvalue weighted by atomic mass is 16.5. The first-order valence-corrected chi connectivity index (χ1v) is 5.20. The standard InChI is InChI=1S/C12H15NO3/c1-3-10(14)8-6-5-7-9(11(8)13)12(15)16-4-2/h5-7H,3-4,13H2,1-2H3. The van der Waals surface area contributed by atoms with Crippen LogP contribution < -0.4 is 5.73 Å². The Kier molecular flexibility index (Phi) is 4.05. The lowest BCUT2D eigenvalue weighted by molar-refractivity contribution is 0.0527. The number of ketones is 1. The number of carbonyl (C=O) groups is 2. The van der Waals surface area contributed by atoms with Gasteiger partial charge in [0.25, 0.3) is 0 Å². The van der Waals surface area contributed by atoms with Gasteiger partial charge in [-0.05, 0) is 19.1 Å². The number of nitrogens with two attached hydrogens (primary N) is 1. The average Bonchev–Trinajstić information content (AvgIpc) is 2.28. The van der Waals surface area contributed by atoms with E-state index in [1.54, 1.807) is 32.0 Å². The van der Waals surface area contributed by atoms with Gasteiger partial charge in [0.1, 0.15) is 0 Å². The van der Waals surface area contributed by atoms with Crippen molar-refractivity contribution in [1.29, 1.82) is 0 Å². The van der Waals surface area contributed by atoms with Crippen molar-refractivity contribution in [3.8, 4) is 0 Å². The topological polar surface area (TPSA) is 69.4 Å². The van der Waals surface area contributed by atoms with Crippen molar-refractivity contribution in [3.05, 3.63) is 29.3 Å². The average molecular weight is 221 g/mol. The molecule has 0 radical (unpaired) electrons. The third kappa shape index (κ3) is 2.39. The number of nitrogen functional groups attached to an aromatic ring is 1. The number of rotatable bonds is 4. The molecule has 1 aromatic rings. The minimum atomic E-state index is -0.495. The molecule has 4 nitrogen and oxygen atoms in total. The Bertz CT molecular complexity index is 413. The normalized spacial score (nSPS) is 9.88. The second-order valence-electron chi connectivity index (χ2n) is 3.26. The molecule has 0 aliphatic carbocycles. The maximum atomic E-state index is 11.5. The molecule has 4 heteroatoms. The first-order chi connectivity index (χ1) is 7.61. The summed E-state index contributed by atoms with van der Waals surface area (Å²) in [6.45, 7) is 3.75. The molecule has 16 heavy (non-hydrogen) atoms. The van der Waals surface area contributed by atoms with Gasteiger partial charge in [0, 0.05) is 12.0 Å². The number of para-hydroxylation sites is 1. The first-order valence-electron chi connectivity index (χ1n) is 5.20. The molecule has 0 atom stereocenters. The number of hydrogen-bond acceptors (Lipinski definition) is 4. The van der Waals surface area contributed by atoms with E-state index >= 15 is 0 Å². The number of Topliss-reactive ketones (excluding diaryl/α,β-unsaturated/α-hetero) is 1. The summed E-state index contributed by atoms with van der Waals surface area (Å²) in [6, 6.07) is 4.80. The van der Waals surface area contributed by atoms with Crippen LogP contribution in [0.5, 0.6) is 0 Å². The quantitative estimate of drug-likeness (QED) is 0.480. The Labute approximate surface area is 94.4 Å². The summed E-state index contributed by atoms with van der Waals surface area (Å²) in [6.07, 6.45) is 0.358. The van der Waals surface area contributed by atoms with Gasteiger partial charge in [-0.1, -0.05) is 13.0 Å². The van der Waals surface area contributed by atoms with Crippen LogP contribution in [0.15, 0.2) is 18.2 Å². The summed E-state index contributed by atoms with van der Waals surface area (Å²) in [4.78, 5) is 23.0. The van der Waals surface area contributed by atoms with Crippen molar-refractivity contribution in [2.45, 2.75) is 20.3 Å². The largest absolute Gasteiger partial charge is 0.462 e. The van der Waals surface area contributed by atoms with Crippen molar-refractivity contribution in [3.63, 3.8) is 0 Å². The van der Waals surface area contributed by atoms with Crippen molar-refractivity contribution in [2.75, 3.05) is 12.3 Å². The number of hydrogen-bond donors (Lipinski definition) is 1. The first kappa shape index (κ1) is 12.2. The van der Waals surface area contributed by atoms with E-state index in [1.807, 2.05) is 0 Å². The molecule has 0 saturated carbocycles. The summed E-state index contributed by atoms with van der Waals surface area (Å²) in [7, 11) is 0. The third-order valence-corrected chi connectivity index (χ3v) is 2.22. The molecule has 1 rings (SSSR count). The van der Waals surface area contributed by atoms with E-state index in [0.29, 0.717) is 12.0 Å². The third-order valence-electron chi connectivity index (χ3n) is 2.22. The molecule has 2 N–H and O–H groups in total. The van der Waals surface area contributed by atoms with E-state index in [0.717, 1.165) is 0 Å². The molecule has 0 bridgehead atoms. The minimum Gasteiger partial charge on any atom is -0.462 e. The molecular weight excluding hydrogens is 206 g/mol. The second-order valence-corrected chi connectivity index (χ2v) is 3.26. The monoisotopic (exact) mass is 221 g/mol. The fraction of sp³-hybridized carbons (Fsp3) is 0.333. The van der Waals surface area contributed by atoms with E-state index in [4.69, 9.17) is 10.5 Å². The zero-order chi connectivity index (χ0) is 12.1. The van der Waals surface area contributed by atoms with Gasteiger partial charge in [-0.3, -0.25) is 4.79 Å². The van der Waals surface area contributed by atoms with E-state index in [1.165, 1.54) is 0 Å². The number of benzene rings is 1. The van der Waals surface area contributed by atoms with Crippen LogP contribution in [0.4, 0.5) is 5.69 Å². The summed E-state index contributed by atoms with van der Waals surface area (Å²) < 4.78 is 4.85. The molecule has 1 aromatic carbocycles. The summed E-state index contributed by atoms with van der Waals surface area (Å²) in [5, 5.41) is 0. The second kappa shape index (κ2) is 5.30. The number of anilines is 1. The highest BCUT2D eigenvalue weighted by Gasteiger charge is 2.16.